The number of hydrogen-bond acceptors (Lipinski definition) is 3. The van der Waals surface area contributed by atoms with Crippen LogP contribution in [0, 0.1) is 18.8 Å². The van der Waals surface area contributed by atoms with E-state index in [0.717, 1.165) is 24.1 Å². The van der Waals surface area contributed by atoms with Gasteiger partial charge in [-0.1, -0.05) is 29.8 Å². The SMILES string of the molecule is Cc1cc(NC(=O)N2CC3CCC(C2)C3O)n(Cc2ccccc2Cl)n1. The summed E-state index contributed by atoms with van der Waals surface area (Å²) in [6.45, 7) is 3.62. The third kappa shape index (κ3) is 3.31. The average molecular weight is 375 g/mol. The van der Waals surface area contributed by atoms with Gasteiger partial charge in [-0.05, 0) is 31.4 Å². The van der Waals surface area contributed by atoms with Crippen LogP contribution < -0.4 is 5.32 Å². The fourth-order valence-electron chi connectivity index (χ4n) is 4.10. The topological polar surface area (TPSA) is 70.4 Å². The molecule has 1 saturated carbocycles. The van der Waals surface area contributed by atoms with E-state index in [0.29, 0.717) is 30.5 Å². The number of halogens is 1. The first-order chi connectivity index (χ1) is 12.5. The second-order valence-electron chi connectivity index (χ2n) is 7.34. The molecule has 1 aliphatic heterocycles. The van der Waals surface area contributed by atoms with E-state index < -0.39 is 0 Å². The fourth-order valence-corrected chi connectivity index (χ4v) is 4.30. The molecule has 2 unspecified atom stereocenters. The van der Waals surface area contributed by atoms with Crippen LogP contribution in [-0.2, 0) is 6.54 Å². The summed E-state index contributed by atoms with van der Waals surface area (Å²) in [4.78, 5) is 14.6. The lowest BCUT2D eigenvalue weighted by atomic mass is 9.95. The van der Waals surface area contributed by atoms with Crippen molar-refractivity contribution in [2.75, 3.05) is 18.4 Å². The highest BCUT2D eigenvalue weighted by molar-refractivity contribution is 6.31. The summed E-state index contributed by atoms with van der Waals surface area (Å²) in [5, 5.41) is 18.3. The van der Waals surface area contributed by atoms with Crippen LogP contribution in [0.3, 0.4) is 0 Å². The summed E-state index contributed by atoms with van der Waals surface area (Å²) >= 11 is 6.25. The van der Waals surface area contributed by atoms with Crippen LogP contribution in [0.25, 0.3) is 0 Å². The number of nitrogens with one attached hydrogen (secondary N) is 1. The van der Waals surface area contributed by atoms with Gasteiger partial charge >= 0.3 is 6.03 Å². The van der Waals surface area contributed by atoms with Crippen molar-refractivity contribution in [3.63, 3.8) is 0 Å². The summed E-state index contributed by atoms with van der Waals surface area (Å²) in [5.74, 6) is 1.06. The van der Waals surface area contributed by atoms with Crippen LogP contribution in [0.4, 0.5) is 10.6 Å². The number of rotatable bonds is 3. The molecule has 1 aromatic carbocycles. The van der Waals surface area contributed by atoms with Gasteiger partial charge in [-0.15, -0.1) is 0 Å². The van der Waals surface area contributed by atoms with Crippen molar-refractivity contribution in [2.45, 2.75) is 32.4 Å². The summed E-state index contributed by atoms with van der Waals surface area (Å²) < 4.78 is 1.77. The van der Waals surface area contributed by atoms with Crippen LogP contribution in [0.2, 0.25) is 5.02 Å². The molecule has 138 valence electrons. The van der Waals surface area contributed by atoms with Crippen molar-refractivity contribution in [1.82, 2.24) is 14.7 Å². The smallest absolute Gasteiger partial charge is 0.323 e. The number of nitrogens with zero attached hydrogens (tertiary/aromatic N) is 3. The van der Waals surface area contributed by atoms with Gasteiger partial charge in [0.25, 0.3) is 0 Å². The summed E-state index contributed by atoms with van der Waals surface area (Å²) in [6.07, 6.45) is 1.74. The maximum Gasteiger partial charge on any atom is 0.323 e. The Morgan fingerprint density at radius 2 is 2.00 bits per heavy atom. The highest BCUT2D eigenvalue weighted by Gasteiger charge is 2.42. The van der Waals surface area contributed by atoms with Gasteiger partial charge in [-0.25, -0.2) is 9.48 Å². The molecule has 2 fully saturated rings. The van der Waals surface area contributed by atoms with Gasteiger partial charge in [0.2, 0.25) is 0 Å². The maximum absolute atomic E-state index is 12.7. The minimum absolute atomic E-state index is 0.130. The number of anilines is 1. The van der Waals surface area contributed by atoms with Gasteiger partial charge in [0.15, 0.2) is 0 Å². The van der Waals surface area contributed by atoms with E-state index in [9.17, 15) is 9.90 Å². The van der Waals surface area contributed by atoms with Crippen LogP contribution in [-0.4, -0.2) is 45.0 Å². The number of benzene rings is 1. The number of aliphatic hydroxyl groups excluding tert-OH is 1. The molecule has 2 aliphatic rings. The summed E-state index contributed by atoms with van der Waals surface area (Å²) in [6, 6.07) is 9.36. The Morgan fingerprint density at radius 3 is 2.69 bits per heavy atom. The molecule has 26 heavy (non-hydrogen) atoms. The Labute approximate surface area is 157 Å². The molecule has 1 saturated heterocycles. The number of carbonyl (C=O) groups is 1. The van der Waals surface area contributed by atoms with Gasteiger partial charge in [-0.3, -0.25) is 5.32 Å². The largest absolute Gasteiger partial charge is 0.392 e. The molecule has 6 nitrogen and oxygen atoms in total. The Balaban J connectivity index is 1.48. The molecule has 4 rings (SSSR count). The molecule has 2 N–H and O–H groups in total. The molecule has 2 heterocycles. The van der Waals surface area contributed by atoms with Gasteiger partial charge in [-0.2, -0.15) is 5.10 Å². The first kappa shape index (κ1) is 17.4. The van der Waals surface area contributed by atoms with E-state index in [2.05, 4.69) is 10.4 Å². The normalized spacial score (nSPS) is 24.7. The number of hydrogen-bond donors (Lipinski definition) is 2. The Hall–Kier alpha value is -2.05. The van der Waals surface area contributed by atoms with Gasteiger partial charge in [0.1, 0.15) is 5.82 Å². The number of carbonyl (C=O) groups excluding carboxylic acids is 1. The first-order valence-electron chi connectivity index (χ1n) is 9.03. The molecule has 1 aliphatic carbocycles. The number of amides is 2. The number of piperidine rings is 1. The number of likely N-dealkylation sites (tertiary alicyclic amines) is 1. The molecule has 2 amide bonds. The minimum atomic E-state index is -0.257. The zero-order chi connectivity index (χ0) is 18.3. The van der Waals surface area contributed by atoms with E-state index in [4.69, 9.17) is 11.6 Å². The molecule has 7 heteroatoms. The molecular weight excluding hydrogens is 352 g/mol. The molecule has 2 aromatic rings. The highest BCUT2D eigenvalue weighted by Crippen LogP contribution is 2.37. The zero-order valence-corrected chi connectivity index (χ0v) is 15.5. The predicted molar refractivity (Wildman–Crippen MR) is 100 cm³/mol. The van der Waals surface area contributed by atoms with E-state index in [-0.39, 0.29) is 24.0 Å². The van der Waals surface area contributed by atoms with Crippen molar-refractivity contribution in [3.05, 3.63) is 46.6 Å². The van der Waals surface area contributed by atoms with Gasteiger partial charge < -0.3 is 10.0 Å². The molecule has 2 bridgehead atoms. The standard InChI is InChI=1S/C19H23ClN4O2/c1-12-8-17(24(22-12)11-13-4-2-3-5-16(13)20)21-19(26)23-9-14-6-7-15(10-23)18(14)25/h2-5,8,14-15,18,25H,6-7,9-11H2,1H3,(H,21,26). The van der Waals surface area contributed by atoms with Crippen molar-refractivity contribution in [2.24, 2.45) is 11.8 Å². The molecule has 0 spiro atoms. The zero-order valence-electron chi connectivity index (χ0n) is 14.7. The van der Waals surface area contributed by atoms with Crippen LogP contribution >= 0.6 is 11.6 Å². The number of fused-ring (bicyclic) bond motifs is 2. The number of aromatic nitrogens is 2. The second kappa shape index (κ2) is 6.93. The Kier molecular flexibility index (Phi) is 4.63. The highest BCUT2D eigenvalue weighted by atomic mass is 35.5. The lowest BCUT2D eigenvalue weighted by Crippen LogP contribution is -2.49. The second-order valence-corrected chi connectivity index (χ2v) is 7.75. The van der Waals surface area contributed by atoms with E-state index in [1.54, 1.807) is 4.68 Å². The van der Waals surface area contributed by atoms with E-state index in [1.807, 2.05) is 42.2 Å². The molecule has 0 radical (unpaired) electrons. The number of aryl methyl sites for hydroxylation is 1. The van der Waals surface area contributed by atoms with Gasteiger partial charge in [0, 0.05) is 36.0 Å². The first-order valence-corrected chi connectivity index (χ1v) is 9.41. The maximum atomic E-state index is 12.7. The van der Waals surface area contributed by atoms with Crippen molar-refractivity contribution in [1.29, 1.82) is 0 Å². The average Bonchev–Trinajstić information content (AvgIpc) is 3.02. The molecule has 2 atom stereocenters. The minimum Gasteiger partial charge on any atom is -0.392 e. The summed E-state index contributed by atoms with van der Waals surface area (Å²) in [5.41, 5.74) is 1.79. The molecule has 1 aromatic heterocycles. The van der Waals surface area contributed by atoms with Crippen LogP contribution in [0.1, 0.15) is 24.1 Å². The van der Waals surface area contributed by atoms with Crippen molar-refractivity contribution >= 4 is 23.4 Å². The lowest BCUT2D eigenvalue weighted by molar-refractivity contribution is 0.0326. The Morgan fingerprint density at radius 1 is 1.31 bits per heavy atom. The predicted octanol–water partition coefficient (Wildman–Crippen LogP) is 3.13. The van der Waals surface area contributed by atoms with Crippen LogP contribution in [0.15, 0.2) is 30.3 Å². The number of aliphatic hydroxyl groups is 1. The quantitative estimate of drug-likeness (QED) is 0.867. The van der Waals surface area contributed by atoms with Crippen molar-refractivity contribution < 1.29 is 9.90 Å². The lowest BCUT2D eigenvalue weighted by Gasteiger charge is -2.35. The third-order valence-electron chi connectivity index (χ3n) is 5.49. The van der Waals surface area contributed by atoms with Crippen LogP contribution in [0.5, 0.6) is 0 Å². The summed E-state index contributed by atoms with van der Waals surface area (Å²) in [7, 11) is 0. The fraction of sp³-hybridized carbons (Fsp3) is 0.474. The van der Waals surface area contributed by atoms with Crippen molar-refractivity contribution in [3.8, 4) is 0 Å². The number of urea groups is 1. The third-order valence-corrected chi connectivity index (χ3v) is 5.86. The Bertz CT molecular complexity index is 808. The molecular formula is C19H23ClN4O2. The van der Waals surface area contributed by atoms with Gasteiger partial charge in [0.05, 0.1) is 18.3 Å². The van der Waals surface area contributed by atoms with E-state index >= 15 is 0 Å². The monoisotopic (exact) mass is 374 g/mol. The van der Waals surface area contributed by atoms with E-state index in [1.165, 1.54) is 0 Å².